The number of hydrogen-bond acceptors (Lipinski definition) is 4. The van der Waals surface area contributed by atoms with Crippen LogP contribution in [0.1, 0.15) is 26.7 Å². The summed E-state index contributed by atoms with van der Waals surface area (Å²) in [4.78, 5) is 12.1. The quantitative estimate of drug-likeness (QED) is 0.759. The monoisotopic (exact) mass is 292 g/mol. The van der Waals surface area contributed by atoms with Gasteiger partial charge in [-0.2, -0.15) is 0 Å². The predicted octanol–water partition coefficient (Wildman–Crippen LogP) is 0.199. The van der Waals surface area contributed by atoms with Crippen molar-refractivity contribution in [2.45, 2.75) is 32.7 Å². The van der Waals surface area contributed by atoms with E-state index in [-0.39, 0.29) is 23.6 Å². The molecule has 0 aromatic rings. The van der Waals surface area contributed by atoms with Crippen molar-refractivity contribution in [2.75, 3.05) is 32.6 Å². The maximum absolute atomic E-state index is 12.1. The lowest BCUT2D eigenvalue weighted by Gasteiger charge is -2.31. The Balaban J connectivity index is 2.57. The van der Waals surface area contributed by atoms with Crippen molar-refractivity contribution in [3.05, 3.63) is 0 Å². The number of methoxy groups -OCH3 is 1. The SMILES string of the molecule is CCS(=O)(=O)N1CCC[C@@H](C(=O)N[C@H](C)COC)C1. The molecule has 0 saturated carbocycles. The molecular weight excluding hydrogens is 268 g/mol. The van der Waals surface area contributed by atoms with E-state index in [9.17, 15) is 13.2 Å². The molecule has 1 rings (SSSR count). The summed E-state index contributed by atoms with van der Waals surface area (Å²) in [6.07, 6.45) is 1.47. The van der Waals surface area contributed by atoms with Gasteiger partial charge in [0.25, 0.3) is 0 Å². The van der Waals surface area contributed by atoms with E-state index in [2.05, 4.69) is 5.32 Å². The van der Waals surface area contributed by atoms with Crippen molar-refractivity contribution >= 4 is 15.9 Å². The molecule has 0 aromatic heterocycles. The molecule has 19 heavy (non-hydrogen) atoms. The molecule has 1 amide bonds. The van der Waals surface area contributed by atoms with E-state index >= 15 is 0 Å². The lowest BCUT2D eigenvalue weighted by Crippen LogP contribution is -2.48. The van der Waals surface area contributed by atoms with E-state index in [0.29, 0.717) is 19.7 Å². The van der Waals surface area contributed by atoms with E-state index in [1.165, 1.54) is 4.31 Å². The van der Waals surface area contributed by atoms with Crippen molar-refractivity contribution in [3.8, 4) is 0 Å². The maximum Gasteiger partial charge on any atom is 0.224 e. The van der Waals surface area contributed by atoms with Gasteiger partial charge in [-0.3, -0.25) is 4.79 Å². The van der Waals surface area contributed by atoms with E-state index in [1.54, 1.807) is 14.0 Å². The Hall–Kier alpha value is -0.660. The van der Waals surface area contributed by atoms with Gasteiger partial charge < -0.3 is 10.1 Å². The van der Waals surface area contributed by atoms with Gasteiger partial charge in [0.2, 0.25) is 15.9 Å². The van der Waals surface area contributed by atoms with Crippen LogP contribution >= 0.6 is 0 Å². The van der Waals surface area contributed by atoms with Crippen molar-refractivity contribution in [1.82, 2.24) is 9.62 Å². The van der Waals surface area contributed by atoms with Crippen LogP contribution < -0.4 is 5.32 Å². The van der Waals surface area contributed by atoms with Gasteiger partial charge in [-0.1, -0.05) is 0 Å². The Bertz CT molecular complexity index is 397. The topological polar surface area (TPSA) is 75.7 Å². The summed E-state index contributed by atoms with van der Waals surface area (Å²) in [5.74, 6) is -0.253. The first-order valence-corrected chi connectivity index (χ1v) is 8.28. The summed E-state index contributed by atoms with van der Waals surface area (Å²) >= 11 is 0. The molecule has 1 aliphatic rings. The average Bonchev–Trinajstić information content (AvgIpc) is 2.39. The highest BCUT2D eigenvalue weighted by Gasteiger charge is 2.31. The standard InChI is InChI=1S/C12H24N2O4S/c1-4-19(16,17)14-7-5-6-11(8-14)12(15)13-10(2)9-18-3/h10-11H,4-9H2,1-3H3,(H,13,15)/t10-,11-/m1/s1. The Kier molecular flexibility index (Phi) is 6.22. The smallest absolute Gasteiger partial charge is 0.224 e. The molecule has 1 N–H and O–H groups in total. The molecule has 112 valence electrons. The van der Waals surface area contributed by atoms with Gasteiger partial charge in [-0.05, 0) is 26.7 Å². The summed E-state index contributed by atoms with van der Waals surface area (Å²) < 4.78 is 30.0. The first-order chi connectivity index (χ1) is 8.90. The van der Waals surface area contributed by atoms with Gasteiger partial charge in [0.15, 0.2) is 0 Å². The Morgan fingerprint density at radius 1 is 1.53 bits per heavy atom. The molecule has 1 heterocycles. The van der Waals surface area contributed by atoms with Crippen LogP contribution in [0.25, 0.3) is 0 Å². The molecule has 7 heteroatoms. The Morgan fingerprint density at radius 2 is 2.21 bits per heavy atom. The lowest BCUT2D eigenvalue weighted by atomic mass is 9.98. The number of rotatable bonds is 6. The predicted molar refractivity (Wildman–Crippen MR) is 73.2 cm³/mol. The summed E-state index contributed by atoms with van der Waals surface area (Å²) in [5, 5.41) is 2.86. The first kappa shape index (κ1) is 16.4. The molecule has 0 aromatic carbocycles. The van der Waals surface area contributed by atoms with Crippen LogP contribution in [0, 0.1) is 5.92 Å². The second-order valence-corrected chi connectivity index (χ2v) is 7.22. The summed E-state index contributed by atoms with van der Waals surface area (Å²) in [5.41, 5.74) is 0. The minimum atomic E-state index is -3.20. The molecule has 0 bridgehead atoms. The summed E-state index contributed by atoms with van der Waals surface area (Å²) in [6, 6.07) is -0.0596. The van der Waals surface area contributed by atoms with Gasteiger partial charge in [-0.15, -0.1) is 0 Å². The third-order valence-corrected chi connectivity index (χ3v) is 5.17. The normalized spacial score (nSPS) is 23.0. The fraction of sp³-hybridized carbons (Fsp3) is 0.917. The van der Waals surface area contributed by atoms with E-state index in [1.807, 2.05) is 6.92 Å². The molecule has 1 fully saturated rings. The van der Waals surface area contributed by atoms with Crippen LogP contribution in [-0.4, -0.2) is 57.2 Å². The molecule has 0 radical (unpaired) electrons. The number of piperidine rings is 1. The fourth-order valence-corrected chi connectivity index (χ4v) is 3.42. The van der Waals surface area contributed by atoms with Crippen LogP contribution in [0.5, 0.6) is 0 Å². The van der Waals surface area contributed by atoms with Crippen LogP contribution in [0.15, 0.2) is 0 Å². The number of nitrogens with zero attached hydrogens (tertiary/aromatic N) is 1. The molecule has 1 saturated heterocycles. The highest BCUT2D eigenvalue weighted by molar-refractivity contribution is 7.89. The molecule has 0 spiro atoms. The zero-order chi connectivity index (χ0) is 14.5. The van der Waals surface area contributed by atoms with E-state index < -0.39 is 10.0 Å². The minimum absolute atomic E-state index is 0.0596. The largest absolute Gasteiger partial charge is 0.383 e. The number of amides is 1. The minimum Gasteiger partial charge on any atom is -0.383 e. The zero-order valence-corrected chi connectivity index (χ0v) is 12.7. The second-order valence-electron chi connectivity index (χ2n) is 4.96. The number of ether oxygens (including phenoxy) is 1. The highest BCUT2D eigenvalue weighted by Crippen LogP contribution is 2.19. The second kappa shape index (κ2) is 7.21. The van der Waals surface area contributed by atoms with Crippen LogP contribution in [0.3, 0.4) is 0 Å². The van der Waals surface area contributed by atoms with Gasteiger partial charge in [0.05, 0.1) is 18.3 Å². The number of nitrogens with one attached hydrogen (secondary N) is 1. The number of hydrogen-bond donors (Lipinski definition) is 1. The van der Waals surface area contributed by atoms with Crippen molar-refractivity contribution in [3.63, 3.8) is 0 Å². The van der Waals surface area contributed by atoms with Gasteiger partial charge in [-0.25, -0.2) is 12.7 Å². The van der Waals surface area contributed by atoms with Crippen LogP contribution in [-0.2, 0) is 19.6 Å². The number of sulfonamides is 1. The molecule has 1 aliphatic heterocycles. The van der Waals surface area contributed by atoms with Crippen LogP contribution in [0.2, 0.25) is 0 Å². The highest BCUT2D eigenvalue weighted by atomic mass is 32.2. The average molecular weight is 292 g/mol. The molecule has 2 atom stereocenters. The third kappa shape index (κ3) is 4.74. The summed E-state index contributed by atoms with van der Waals surface area (Å²) in [7, 11) is -1.62. The van der Waals surface area contributed by atoms with Crippen LogP contribution in [0.4, 0.5) is 0 Å². The Labute approximate surface area is 115 Å². The number of carbonyl (C=O) groups is 1. The molecule has 6 nitrogen and oxygen atoms in total. The summed E-state index contributed by atoms with van der Waals surface area (Å²) in [6.45, 7) is 4.76. The Morgan fingerprint density at radius 3 is 2.79 bits per heavy atom. The molecule has 0 aliphatic carbocycles. The van der Waals surface area contributed by atoms with Gasteiger partial charge >= 0.3 is 0 Å². The number of carbonyl (C=O) groups excluding carboxylic acids is 1. The zero-order valence-electron chi connectivity index (χ0n) is 11.9. The van der Waals surface area contributed by atoms with Crippen molar-refractivity contribution in [2.24, 2.45) is 5.92 Å². The molecule has 0 unspecified atom stereocenters. The fourth-order valence-electron chi connectivity index (χ4n) is 2.24. The lowest BCUT2D eigenvalue weighted by molar-refractivity contribution is -0.127. The first-order valence-electron chi connectivity index (χ1n) is 6.67. The van der Waals surface area contributed by atoms with Crippen molar-refractivity contribution in [1.29, 1.82) is 0 Å². The van der Waals surface area contributed by atoms with E-state index in [0.717, 1.165) is 12.8 Å². The third-order valence-electron chi connectivity index (χ3n) is 3.32. The van der Waals surface area contributed by atoms with Gasteiger partial charge in [0.1, 0.15) is 0 Å². The van der Waals surface area contributed by atoms with E-state index in [4.69, 9.17) is 4.74 Å². The van der Waals surface area contributed by atoms with Crippen molar-refractivity contribution < 1.29 is 17.9 Å². The molecular formula is C12H24N2O4S. The van der Waals surface area contributed by atoms with Gasteiger partial charge in [0, 0.05) is 26.2 Å². The maximum atomic E-state index is 12.1.